The van der Waals surface area contributed by atoms with Crippen LogP contribution in [0.2, 0.25) is 0 Å². The maximum atomic E-state index is 13.9. The normalized spacial score (nSPS) is 39.6. The van der Waals surface area contributed by atoms with Gasteiger partial charge in [0.05, 0.1) is 0 Å². The molecule has 0 unspecified atom stereocenters. The summed E-state index contributed by atoms with van der Waals surface area (Å²) >= 11 is 0. The van der Waals surface area contributed by atoms with Crippen LogP contribution in [0.5, 0.6) is 0 Å². The van der Waals surface area contributed by atoms with Crippen LogP contribution in [-0.2, 0) is 16.0 Å². The maximum Gasteiger partial charge on any atom is 0.246 e. The summed E-state index contributed by atoms with van der Waals surface area (Å²) in [5, 5.41) is 3.13. The van der Waals surface area contributed by atoms with Crippen molar-refractivity contribution in [1.82, 2.24) is 10.2 Å². The SMILES string of the molecule is CN1C(=O)C=C[C@]2(C)[C@H]3CC[C@]4(C)[C@@H](C(=O)NCCc5ccccc5F)CC[C@H]4[C@@H]3CC[C@@H]12. The molecule has 4 nitrogen and oxygen atoms in total. The summed E-state index contributed by atoms with van der Waals surface area (Å²) in [5.41, 5.74) is 0.724. The number of rotatable bonds is 4. The Bertz CT molecular complexity index is 976. The molecule has 3 aliphatic carbocycles. The second-order valence-electron chi connectivity index (χ2n) is 11.4. The van der Waals surface area contributed by atoms with Crippen molar-refractivity contribution in [2.24, 2.45) is 34.5 Å². The number of carbonyl (C=O) groups is 2. The van der Waals surface area contributed by atoms with Gasteiger partial charge in [-0.1, -0.05) is 38.1 Å². The van der Waals surface area contributed by atoms with Crippen molar-refractivity contribution in [2.45, 2.75) is 64.8 Å². The zero-order valence-corrected chi connectivity index (χ0v) is 20.1. The van der Waals surface area contributed by atoms with E-state index in [9.17, 15) is 14.0 Å². The topological polar surface area (TPSA) is 49.4 Å². The average Bonchev–Trinajstić information content (AvgIpc) is 3.15. The van der Waals surface area contributed by atoms with E-state index in [1.54, 1.807) is 18.2 Å². The second kappa shape index (κ2) is 8.25. The van der Waals surface area contributed by atoms with E-state index in [0.717, 1.165) is 38.5 Å². The molecule has 7 atom stereocenters. The second-order valence-corrected chi connectivity index (χ2v) is 11.4. The number of nitrogens with zero attached hydrogens (tertiary/aromatic N) is 1. The smallest absolute Gasteiger partial charge is 0.246 e. The van der Waals surface area contributed by atoms with Gasteiger partial charge in [0, 0.05) is 31.0 Å². The number of carbonyl (C=O) groups excluding carboxylic acids is 2. The molecule has 178 valence electrons. The highest BCUT2D eigenvalue weighted by Gasteiger charge is 2.61. The van der Waals surface area contributed by atoms with Gasteiger partial charge in [-0.2, -0.15) is 0 Å². The summed E-state index contributed by atoms with van der Waals surface area (Å²) in [6.45, 7) is 5.19. The summed E-state index contributed by atoms with van der Waals surface area (Å²) in [4.78, 5) is 27.5. The van der Waals surface area contributed by atoms with Gasteiger partial charge in [0.15, 0.2) is 0 Å². The standard InChI is InChI=1S/C28H37FN2O2/c1-27-15-12-21-19(8-11-24-28(21,2)16-13-25(32)31(24)3)20(27)9-10-22(27)26(33)30-17-14-18-6-4-5-7-23(18)29/h4-7,13,16,19-22,24H,8-12,14-15,17H2,1-3H3,(H,30,33)/t19-,20-,21-,22+,24+,27-,28+/m0/s1. The van der Waals surface area contributed by atoms with Crippen LogP contribution in [0.4, 0.5) is 4.39 Å². The lowest BCUT2D eigenvalue weighted by Gasteiger charge is -2.60. The molecule has 33 heavy (non-hydrogen) atoms. The van der Waals surface area contributed by atoms with Crippen molar-refractivity contribution >= 4 is 11.8 Å². The third-order valence-electron chi connectivity index (χ3n) is 10.1. The molecule has 1 aromatic carbocycles. The number of hydrogen-bond donors (Lipinski definition) is 1. The van der Waals surface area contributed by atoms with Gasteiger partial charge in [0.25, 0.3) is 0 Å². The van der Waals surface area contributed by atoms with Crippen molar-refractivity contribution in [2.75, 3.05) is 13.6 Å². The van der Waals surface area contributed by atoms with Gasteiger partial charge in [0.2, 0.25) is 11.8 Å². The molecule has 1 N–H and O–H groups in total. The Balaban J connectivity index is 1.28. The van der Waals surface area contributed by atoms with E-state index in [4.69, 9.17) is 0 Å². The zero-order chi connectivity index (χ0) is 23.4. The molecule has 5 rings (SSSR count). The lowest BCUT2D eigenvalue weighted by atomic mass is 9.47. The minimum atomic E-state index is -0.203. The first-order chi connectivity index (χ1) is 15.8. The Hall–Kier alpha value is -2.17. The molecule has 0 saturated heterocycles. The third-order valence-corrected chi connectivity index (χ3v) is 10.1. The first-order valence-corrected chi connectivity index (χ1v) is 12.7. The summed E-state index contributed by atoms with van der Waals surface area (Å²) in [7, 11) is 1.96. The Labute approximate surface area is 197 Å². The van der Waals surface area contributed by atoms with Crippen LogP contribution >= 0.6 is 0 Å². The first-order valence-electron chi connectivity index (χ1n) is 12.7. The van der Waals surface area contributed by atoms with Crippen LogP contribution in [-0.4, -0.2) is 36.3 Å². The fraction of sp³-hybridized carbons (Fsp3) is 0.643. The summed E-state index contributed by atoms with van der Waals surface area (Å²) in [6.07, 6.45) is 11.0. The van der Waals surface area contributed by atoms with E-state index in [1.807, 2.05) is 18.0 Å². The number of halogens is 1. The van der Waals surface area contributed by atoms with Gasteiger partial charge in [-0.05, 0) is 85.8 Å². The maximum absolute atomic E-state index is 13.9. The molecule has 5 heteroatoms. The molecular weight excluding hydrogens is 415 g/mol. The van der Waals surface area contributed by atoms with Gasteiger partial charge < -0.3 is 10.2 Å². The molecule has 3 fully saturated rings. The van der Waals surface area contributed by atoms with Gasteiger partial charge in [-0.3, -0.25) is 9.59 Å². The van der Waals surface area contributed by atoms with Crippen LogP contribution in [0.1, 0.15) is 57.9 Å². The summed E-state index contributed by atoms with van der Waals surface area (Å²) in [6, 6.07) is 7.09. The van der Waals surface area contributed by atoms with Gasteiger partial charge >= 0.3 is 0 Å². The van der Waals surface area contributed by atoms with E-state index < -0.39 is 0 Å². The van der Waals surface area contributed by atoms with Crippen molar-refractivity contribution in [3.63, 3.8) is 0 Å². The highest BCUT2D eigenvalue weighted by molar-refractivity contribution is 5.89. The van der Waals surface area contributed by atoms with Crippen molar-refractivity contribution < 1.29 is 14.0 Å². The minimum absolute atomic E-state index is 0.0343. The minimum Gasteiger partial charge on any atom is -0.356 e. The third kappa shape index (κ3) is 3.54. The van der Waals surface area contributed by atoms with Gasteiger partial charge in [-0.25, -0.2) is 4.39 Å². The van der Waals surface area contributed by atoms with E-state index in [2.05, 4.69) is 25.2 Å². The highest BCUT2D eigenvalue weighted by Crippen LogP contribution is 2.65. The average molecular weight is 453 g/mol. The molecular formula is C28H37FN2O2. The predicted molar refractivity (Wildman–Crippen MR) is 127 cm³/mol. The molecule has 3 saturated carbocycles. The van der Waals surface area contributed by atoms with Crippen LogP contribution in [0.3, 0.4) is 0 Å². The van der Waals surface area contributed by atoms with E-state index in [-0.39, 0.29) is 34.4 Å². The van der Waals surface area contributed by atoms with Crippen molar-refractivity contribution in [3.05, 3.63) is 47.8 Å². The van der Waals surface area contributed by atoms with E-state index >= 15 is 0 Å². The van der Waals surface area contributed by atoms with Crippen LogP contribution in [0.25, 0.3) is 0 Å². The number of amides is 2. The number of fused-ring (bicyclic) bond motifs is 5. The summed E-state index contributed by atoms with van der Waals surface area (Å²) < 4.78 is 13.9. The lowest BCUT2D eigenvalue weighted by Crippen LogP contribution is -2.59. The van der Waals surface area contributed by atoms with Crippen LogP contribution < -0.4 is 5.32 Å². The number of benzene rings is 1. The summed E-state index contributed by atoms with van der Waals surface area (Å²) in [5.74, 6) is 1.87. The molecule has 0 radical (unpaired) electrons. The quantitative estimate of drug-likeness (QED) is 0.717. The van der Waals surface area contributed by atoms with Gasteiger partial charge in [0.1, 0.15) is 5.82 Å². The zero-order valence-electron chi connectivity index (χ0n) is 20.1. The predicted octanol–water partition coefficient (Wildman–Crippen LogP) is 4.74. The lowest BCUT2D eigenvalue weighted by molar-refractivity contribution is -0.142. The molecule has 4 aliphatic rings. The molecule has 1 heterocycles. The number of nitrogens with one attached hydrogen (secondary N) is 1. The van der Waals surface area contributed by atoms with Gasteiger partial charge in [-0.15, -0.1) is 0 Å². The van der Waals surface area contributed by atoms with E-state index in [0.29, 0.717) is 42.3 Å². The first kappa shape index (κ1) is 22.6. The Morgan fingerprint density at radius 1 is 1.12 bits per heavy atom. The fourth-order valence-electron chi connectivity index (χ4n) is 8.31. The van der Waals surface area contributed by atoms with Crippen LogP contribution in [0, 0.1) is 40.3 Å². The monoisotopic (exact) mass is 452 g/mol. The molecule has 1 aliphatic heterocycles. The number of hydrogen-bond acceptors (Lipinski definition) is 2. The number of likely N-dealkylation sites (N-methyl/N-ethyl adjacent to an activating group) is 1. The Kier molecular flexibility index (Phi) is 5.65. The Morgan fingerprint density at radius 2 is 1.91 bits per heavy atom. The van der Waals surface area contributed by atoms with E-state index in [1.165, 1.54) is 6.07 Å². The molecule has 0 aromatic heterocycles. The molecule has 0 spiro atoms. The Morgan fingerprint density at radius 3 is 2.70 bits per heavy atom. The molecule has 1 aromatic rings. The highest BCUT2D eigenvalue weighted by atomic mass is 19.1. The van der Waals surface area contributed by atoms with Crippen molar-refractivity contribution in [3.8, 4) is 0 Å². The fourth-order valence-corrected chi connectivity index (χ4v) is 8.31. The molecule has 0 bridgehead atoms. The largest absolute Gasteiger partial charge is 0.356 e. The van der Waals surface area contributed by atoms with Crippen LogP contribution in [0.15, 0.2) is 36.4 Å². The van der Waals surface area contributed by atoms with Crippen molar-refractivity contribution in [1.29, 1.82) is 0 Å². The molecule has 2 amide bonds.